The second-order valence-electron chi connectivity index (χ2n) is 4.64. The van der Waals surface area contributed by atoms with Gasteiger partial charge < -0.3 is 5.32 Å². The van der Waals surface area contributed by atoms with Crippen molar-refractivity contribution in [2.24, 2.45) is 0 Å². The van der Waals surface area contributed by atoms with Crippen molar-refractivity contribution >= 4 is 5.78 Å². The third kappa shape index (κ3) is 2.75. The van der Waals surface area contributed by atoms with Crippen molar-refractivity contribution in [2.45, 2.75) is 45.1 Å². The summed E-state index contributed by atoms with van der Waals surface area (Å²) in [5, 5.41) is 3.21. The third-order valence-corrected chi connectivity index (χ3v) is 3.64. The van der Waals surface area contributed by atoms with Crippen LogP contribution in [0.3, 0.4) is 0 Å². The molecule has 0 heterocycles. The standard InChI is InChI=1S/C15H23NO/c1-5-6-9-12(2)13(3)15(16-4)11-8-7-10-14(15)17/h5-6,9,16H,3,7-8,10-11H2,1-2,4H3/b6-5-,12-9-/t15-/m0/s1. The predicted molar refractivity (Wildman–Crippen MR) is 73.0 cm³/mol. The fraction of sp³-hybridized carbons (Fsp3) is 0.533. The SMILES string of the molecule is C=C(/C(C)=C\C=C/C)[C@@]1(NC)CCCCC1=O. The molecule has 1 aliphatic rings. The Labute approximate surface area is 104 Å². The Bertz CT molecular complexity index is 365. The minimum absolute atomic E-state index is 0.282. The van der Waals surface area contributed by atoms with Gasteiger partial charge in [0.15, 0.2) is 5.78 Å². The van der Waals surface area contributed by atoms with Crippen molar-refractivity contribution in [3.8, 4) is 0 Å². The molecule has 1 rings (SSSR count). The molecule has 17 heavy (non-hydrogen) atoms. The van der Waals surface area contributed by atoms with Gasteiger partial charge in [0.2, 0.25) is 0 Å². The van der Waals surface area contributed by atoms with Crippen LogP contribution in [0.2, 0.25) is 0 Å². The van der Waals surface area contributed by atoms with Crippen molar-refractivity contribution in [3.05, 3.63) is 36.0 Å². The van der Waals surface area contributed by atoms with Crippen molar-refractivity contribution in [3.63, 3.8) is 0 Å². The Kier molecular flexibility index (Phi) is 4.88. The lowest BCUT2D eigenvalue weighted by Gasteiger charge is -2.37. The molecule has 0 unspecified atom stereocenters. The van der Waals surface area contributed by atoms with E-state index in [1.54, 1.807) is 0 Å². The molecule has 0 bridgehead atoms. The maximum absolute atomic E-state index is 12.2. The molecule has 0 aromatic heterocycles. The summed E-state index contributed by atoms with van der Waals surface area (Å²) in [7, 11) is 1.86. The topological polar surface area (TPSA) is 29.1 Å². The van der Waals surface area contributed by atoms with Crippen molar-refractivity contribution in [1.82, 2.24) is 5.32 Å². The Hall–Kier alpha value is -1.15. The van der Waals surface area contributed by atoms with Gasteiger partial charge in [-0.2, -0.15) is 0 Å². The molecule has 2 nitrogen and oxygen atoms in total. The highest BCUT2D eigenvalue weighted by atomic mass is 16.1. The molecule has 2 heteroatoms. The second-order valence-corrected chi connectivity index (χ2v) is 4.64. The van der Waals surface area contributed by atoms with Gasteiger partial charge in [0.25, 0.3) is 0 Å². The van der Waals surface area contributed by atoms with Crippen LogP contribution >= 0.6 is 0 Å². The van der Waals surface area contributed by atoms with Gasteiger partial charge in [-0.1, -0.05) is 31.2 Å². The lowest BCUT2D eigenvalue weighted by molar-refractivity contribution is -0.125. The number of hydrogen-bond donors (Lipinski definition) is 1. The van der Waals surface area contributed by atoms with Gasteiger partial charge in [-0.05, 0) is 44.9 Å². The molecule has 1 saturated carbocycles. The van der Waals surface area contributed by atoms with E-state index in [4.69, 9.17) is 0 Å². The van der Waals surface area contributed by atoms with E-state index < -0.39 is 5.54 Å². The van der Waals surface area contributed by atoms with Crippen LogP contribution < -0.4 is 5.32 Å². The van der Waals surface area contributed by atoms with Gasteiger partial charge in [0.1, 0.15) is 5.54 Å². The van der Waals surface area contributed by atoms with E-state index in [-0.39, 0.29) is 5.78 Å². The van der Waals surface area contributed by atoms with Crippen LogP contribution in [0.4, 0.5) is 0 Å². The van der Waals surface area contributed by atoms with Crippen LogP contribution in [0.25, 0.3) is 0 Å². The number of carbonyl (C=O) groups excluding carboxylic acids is 1. The fourth-order valence-electron chi connectivity index (χ4n) is 2.44. The van der Waals surface area contributed by atoms with Crippen LogP contribution in [0, 0.1) is 0 Å². The molecule has 1 fully saturated rings. The number of allylic oxidation sites excluding steroid dienone is 3. The lowest BCUT2D eigenvalue weighted by Crippen LogP contribution is -2.53. The molecule has 0 aromatic carbocycles. The Morgan fingerprint density at radius 1 is 1.47 bits per heavy atom. The molecule has 0 aromatic rings. The second kappa shape index (κ2) is 5.97. The first-order valence-electron chi connectivity index (χ1n) is 6.30. The van der Waals surface area contributed by atoms with E-state index in [1.165, 1.54) is 0 Å². The molecule has 1 N–H and O–H groups in total. The summed E-state index contributed by atoms with van der Waals surface area (Å²) in [4.78, 5) is 12.2. The van der Waals surface area contributed by atoms with E-state index in [2.05, 4.69) is 11.9 Å². The molecule has 0 amide bonds. The summed E-state index contributed by atoms with van der Waals surface area (Å²) in [5.74, 6) is 0.282. The van der Waals surface area contributed by atoms with Crippen LogP contribution in [0.1, 0.15) is 39.5 Å². The zero-order valence-corrected chi connectivity index (χ0v) is 11.2. The van der Waals surface area contributed by atoms with Crippen molar-refractivity contribution in [1.29, 1.82) is 0 Å². The molecular weight excluding hydrogens is 210 g/mol. The smallest absolute Gasteiger partial charge is 0.157 e. The minimum Gasteiger partial charge on any atom is -0.304 e. The molecule has 1 atom stereocenters. The maximum Gasteiger partial charge on any atom is 0.157 e. The summed E-state index contributed by atoms with van der Waals surface area (Å²) < 4.78 is 0. The summed E-state index contributed by atoms with van der Waals surface area (Å²) in [5.41, 5.74) is 1.47. The molecule has 0 radical (unpaired) electrons. The van der Waals surface area contributed by atoms with Gasteiger partial charge in [0, 0.05) is 6.42 Å². The molecule has 0 aliphatic heterocycles. The Morgan fingerprint density at radius 3 is 2.71 bits per heavy atom. The van der Waals surface area contributed by atoms with Gasteiger partial charge in [-0.3, -0.25) is 4.79 Å². The quantitative estimate of drug-likeness (QED) is 0.756. The Balaban J connectivity index is 3.00. The predicted octanol–water partition coefficient (Wildman–Crippen LogP) is 3.17. The Morgan fingerprint density at radius 2 is 2.18 bits per heavy atom. The van der Waals surface area contributed by atoms with E-state index in [0.717, 1.165) is 30.4 Å². The average Bonchev–Trinajstić information content (AvgIpc) is 2.36. The number of nitrogens with one attached hydrogen (secondary N) is 1. The molecule has 0 saturated heterocycles. The summed E-state index contributed by atoms with van der Waals surface area (Å²) >= 11 is 0. The minimum atomic E-state index is -0.527. The van der Waals surface area contributed by atoms with E-state index in [0.29, 0.717) is 6.42 Å². The number of carbonyl (C=O) groups is 1. The number of ketones is 1. The lowest BCUT2D eigenvalue weighted by atomic mass is 9.73. The zero-order chi connectivity index (χ0) is 12.9. The van der Waals surface area contributed by atoms with E-state index in [1.807, 2.05) is 39.1 Å². The average molecular weight is 233 g/mol. The first kappa shape index (κ1) is 13.9. The van der Waals surface area contributed by atoms with Crippen molar-refractivity contribution < 1.29 is 4.79 Å². The van der Waals surface area contributed by atoms with Crippen LogP contribution in [-0.2, 0) is 4.79 Å². The highest BCUT2D eigenvalue weighted by Gasteiger charge is 2.40. The molecular formula is C15H23NO. The third-order valence-electron chi connectivity index (χ3n) is 3.64. The van der Waals surface area contributed by atoms with Crippen LogP contribution in [-0.4, -0.2) is 18.4 Å². The van der Waals surface area contributed by atoms with Crippen LogP contribution in [0.5, 0.6) is 0 Å². The molecule has 0 spiro atoms. The monoisotopic (exact) mass is 233 g/mol. The first-order valence-corrected chi connectivity index (χ1v) is 6.30. The maximum atomic E-state index is 12.2. The van der Waals surface area contributed by atoms with Gasteiger partial charge >= 0.3 is 0 Å². The summed E-state index contributed by atoms with van der Waals surface area (Å²) in [6.45, 7) is 8.13. The van der Waals surface area contributed by atoms with Gasteiger partial charge in [-0.15, -0.1) is 0 Å². The molecule has 94 valence electrons. The number of Topliss-reactive ketones (excluding diaryl/α,β-unsaturated/α-hetero) is 1. The van der Waals surface area contributed by atoms with Gasteiger partial charge in [-0.25, -0.2) is 0 Å². The number of hydrogen-bond acceptors (Lipinski definition) is 2. The normalized spacial score (nSPS) is 26.5. The number of rotatable bonds is 4. The first-order chi connectivity index (χ1) is 8.08. The van der Waals surface area contributed by atoms with Crippen molar-refractivity contribution in [2.75, 3.05) is 7.05 Å². The van der Waals surface area contributed by atoms with Gasteiger partial charge in [0.05, 0.1) is 0 Å². The van der Waals surface area contributed by atoms with E-state index >= 15 is 0 Å². The van der Waals surface area contributed by atoms with Crippen LogP contribution in [0.15, 0.2) is 36.0 Å². The summed E-state index contributed by atoms with van der Waals surface area (Å²) in [6.07, 6.45) is 9.60. The summed E-state index contributed by atoms with van der Waals surface area (Å²) in [6, 6.07) is 0. The zero-order valence-electron chi connectivity index (χ0n) is 11.2. The largest absolute Gasteiger partial charge is 0.304 e. The number of likely N-dealkylation sites (N-methyl/N-ethyl adjacent to an activating group) is 1. The highest BCUT2D eigenvalue weighted by Crippen LogP contribution is 2.33. The highest BCUT2D eigenvalue weighted by molar-refractivity contribution is 5.93. The fourth-order valence-corrected chi connectivity index (χ4v) is 2.44. The molecule has 1 aliphatic carbocycles. The van der Waals surface area contributed by atoms with E-state index in [9.17, 15) is 4.79 Å².